The summed E-state index contributed by atoms with van der Waals surface area (Å²) in [6, 6.07) is 0. The summed E-state index contributed by atoms with van der Waals surface area (Å²) >= 11 is 3.48. The maximum absolute atomic E-state index is 3.48. The van der Waals surface area contributed by atoms with Crippen LogP contribution in [0.15, 0.2) is 0 Å². The molecule has 0 amide bonds. The average molecular weight is 290 g/mol. The van der Waals surface area contributed by atoms with Crippen LogP contribution < -0.4 is 0 Å². The molecule has 0 aromatic rings. The molecule has 1 saturated heterocycles. The number of alkyl halides is 1. The normalized spacial score (nSPS) is 17.1. The Bertz CT molecular complexity index is 144. The van der Waals surface area contributed by atoms with Crippen molar-refractivity contribution in [3.8, 4) is 0 Å². The third kappa shape index (κ3) is 7.67. The molecule has 1 heterocycles. The van der Waals surface area contributed by atoms with E-state index < -0.39 is 0 Å². The van der Waals surface area contributed by atoms with E-state index in [2.05, 4.69) is 20.8 Å². The van der Waals surface area contributed by atoms with Gasteiger partial charge in [0.05, 0.1) is 0 Å². The first-order valence-corrected chi connectivity index (χ1v) is 8.34. The number of nitrogens with zero attached hydrogens (tertiary/aromatic N) is 1. The molecule has 96 valence electrons. The van der Waals surface area contributed by atoms with Crippen molar-refractivity contribution >= 4 is 15.9 Å². The second-order valence-corrected chi connectivity index (χ2v) is 5.86. The number of unbranched alkanes of at least 4 members (excludes halogenated alkanes) is 7. The molecular weight excluding hydrogens is 262 g/mol. The summed E-state index contributed by atoms with van der Waals surface area (Å²) in [5.41, 5.74) is 0. The van der Waals surface area contributed by atoms with Crippen LogP contribution in [0.2, 0.25) is 0 Å². The molecule has 0 unspecified atom stereocenters. The number of halogens is 1. The van der Waals surface area contributed by atoms with E-state index in [0.717, 1.165) is 0 Å². The lowest BCUT2D eigenvalue weighted by molar-refractivity contribution is 0.327. The Labute approximate surface area is 110 Å². The highest BCUT2D eigenvalue weighted by Crippen LogP contribution is 2.12. The Morgan fingerprint density at radius 1 is 0.688 bits per heavy atom. The van der Waals surface area contributed by atoms with Crippen molar-refractivity contribution in [1.82, 2.24) is 4.90 Å². The van der Waals surface area contributed by atoms with E-state index >= 15 is 0 Å². The quantitative estimate of drug-likeness (QED) is 0.420. The lowest BCUT2D eigenvalue weighted by Crippen LogP contribution is -2.20. The largest absolute Gasteiger partial charge is 0.303 e. The molecule has 1 fully saturated rings. The van der Waals surface area contributed by atoms with Crippen LogP contribution in [-0.2, 0) is 0 Å². The van der Waals surface area contributed by atoms with Gasteiger partial charge in [0.25, 0.3) is 0 Å². The van der Waals surface area contributed by atoms with Gasteiger partial charge in [0.2, 0.25) is 0 Å². The highest BCUT2D eigenvalue weighted by atomic mass is 79.9. The molecule has 0 N–H and O–H groups in total. The fourth-order valence-electron chi connectivity index (χ4n) is 2.50. The molecule has 0 radical (unpaired) electrons. The van der Waals surface area contributed by atoms with Gasteiger partial charge in [0.15, 0.2) is 0 Å². The summed E-state index contributed by atoms with van der Waals surface area (Å²) < 4.78 is 0. The fourth-order valence-corrected chi connectivity index (χ4v) is 2.89. The van der Waals surface area contributed by atoms with Crippen LogP contribution in [0.1, 0.15) is 64.2 Å². The van der Waals surface area contributed by atoms with E-state index in [1.165, 1.54) is 89.2 Å². The summed E-state index contributed by atoms with van der Waals surface area (Å²) in [7, 11) is 0. The van der Waals surface area contributed by atoms with Crippen molar-refractivity contribution in [2.45, 2.75) is 64.2 Å². The predicted molar refractivity (Wildman–Crippen MR) is 76.4 cm³/mol. The summed E-state index contributed by atoms with van der Waals surface area (Å²) in [5.74, 6) is 0. The van der Waals surface area contributed by atoms with Crippen LogP contribution in [0, 0.1) is 0 Å². The fraction of sp³-hybridized carbons (Fsp3) is 1.00. The van der Waals surface area contributed by atoms with Crippen LogP contribution in [0.4, 0.5) is 0 Å². The molecule has 1 rings (SSSR count). The second kappa shape index (κ2) is 10.6. The van der Waals surface area contributed by atoms with Crippen molar-refractivity contribution < 1.29 is 0 Å². The third-order valence-corrected chi connectivity index (χ3v) is 4.12. The van der Waals surface area contributed by atoms with E-state index in [1.807, 2.05) is 0 Å². The lowest BCUT2D eigenvalue weighted by Gasteiger charge is -2.13. The molecule has 1 nitrogen and oxygen atoms in total. The minimum absolute atomic E-state index is 1.18. The van der Waals surface area contributed by atoms with Gasteiger partial charge in [0.1, 0.15) is 0 Å². The van der Waals surface area contributed by atoms with Gasteiger partial charge >= 0.3 is 0 Å². The maximum Gasteiger partial charge on any atom is 0.00313 e. The standard InChI is InChI=1S/C14H28BrN/c15-11-7-5-3-1-2-4-6-8-12-16-13-9-10-14-16/h1-14H2. The van der Waals surface area contributed by atoms with Crippen LogP contribution in [-0.4, -0.2) is 29.9 Å². The van der Waals surface area contributed by atoms with Crippen LogP contribution in [0.5, 0.6) is 0 Å². The van der Waals surface area contributed by atoms with E-state index in [-0.39, 0.29) is 0 Å². The number of hydrogen-bond acceptors (Lipinski definition) is 1. The van der Waals surface area contributed by atoms with Crippen molar-refractivity contribution in [3.63, 3.8) is 0 Å². The Morgan fingerprint density at radius 3 is 1.75 bits per heavy atom. The van der Waals surface area contributed by atoms with Crippen molar-refractivity contribution in [1.29, 1.82) is 0 Å². The molecule has 0 aromatic carbocycles. The molecule has 1 aliphatic heterocycles. The van der Waals surface area contributed by atoms with Crippen molar-refractivity contribution in [2.24, 2.45) is 0 Å². The highest BCUT2D eigenvalue weighted by Gasteiger charge is 2.09. The molecule has 1 aliphatic rings. The summed E-state index contributed by atoms with van der Waals surface area (Å²) in [5, 5.41) is 1.18. The van der Waals surface area contributed by atoms with E-state index in [1.54, 1.807) is 0 Å². The molecule has 0 atom stereocenters. The van der Waals surface area contributed by atoms with E-state index in [9.17, 15) is 0 Å². The molecule has 0 aliphatic carbocycles. The van der Waals surface area contributed by atoms with Gasteiger partial charge in [-0.2, -0.15) is 0 Å². The topological polar surface area (TPSA) is 3.24 Å². The van der Waals surface area contributed by atoms with Crippen molar-refractivity contribution in [2.75, 3.05) is 25.0 Å². The van der Waals surface area contributed by atoms with Crippen LogP contribution >= 0.6 is 15.9 Å². The van der Waals surface area contributed by atoms with Crippen LogP contribution in [0.25, 0.3) is 0 Å². The molecule has 0 spiro atoms. The predicted octanol–water partition coefficient (Wildman–Crippen LogP) is 4.60. The SMILES string of the molecule is BrCCCCCCCCCCN1CCCC1. The lowest BCUT2D eigenvalue weighted by atomic mass is 10.1. The molecule has 0 bridgehead atoms. The number of likely N-dealkylation sites (tertiary alicyclic amines) is 1. The molecule has 0 aromatic heterocycles. The highest BCUT2D eigenvalue weighted by molar-refractivity contribution is 9.09. The third-order valence-electron chi connectivity index (χ3n) is 3.56. The molecular formula is C14H28BrN. The van der Waals surface area contributed by atoms with Gasteiger partial charge in [-0.25, -0.2) is 0 Å². The van der Waals surface area contributed by atoms with E-state index in [4.69, 9.17) is 0 Å². The smallest absolute Gasteiger partial charge is 0.00313 e. The Morgan fingerprint density at radius 2 is 1.19 bits per heavy atom. The Balaban J connectivity index is 1.71. The number of rotatable bonds is 10. The minimum Gasteiger partial charge on any atom is -0.303 e. The zero-order valence-corrected chi connectivity index (χ0v) is 12.3. The second-order valence-electron chi connectivity index (χ2n) is 5.07. The van der Waals surface area contributed by atoms with Crippen LogP contribution in [0.3, 0.4) is 0 Å². The van der Waals surface area contributed by atoms with Gasteiger partial charge in [-0.1, -0.05) is 54.5 Å². The molecule has 0 saturated carbocycles. The average Bonchev–Trinajstić information content (AvgIpc) is 2.80. The monoisotopic (exact) mass is 289 g/mol. The van der Waals surface area contributed by atoms with Gasteiger partial charge in [-0.15, -0.1) is 0 Å². The maximum atomic E-state index is 3.48. The summed E-state index contributed by atoms with van der Waals surface area (Å²) in [6.07, 6.45) is 14.4. The minimum atomic E-state index is 1.18. The van der Waals surface area contributed by atoms with Gasteiger partial charge in [0, 0.05) is 5.33 Å². The van der Waals surface area contributed by atoms with Gasteiger partial charge < -0.3 is 4.90 Å². The zero-order valence-electron chi connectivity index (χ0n) is 10.7. The zero-order chi connectivity index (χ0) is 11.5. The van der Waals surface area contributed by atoms with E-state index in [0.29, 0.717) is 0 Å². The molecule has 2 heteroatoms. The summed E-state index contributed by atoms with van der Waals surface area (Å²) in [6.45, 7) is 4.10. The molecule has 16 heavy (non-hydrogen) atoms. The number of hydrogen-bond donors (Lipinski definition) is 0. The summed E-state index contributed by atoms with van der Waals surface area (Å²) in [4.78, 5) is 2.63. The Kier molecular flexibility index (Phi) is 9.59. The van der Waals surface area contributed by atoms with Gasteiger partial charge in [-0.3, -0.25) is 0 Å². The first kappa shape index (κ1) is 14.5. The Hall–Kier alpha value is 0.440. The van der Waals surface area contributed by atoms with Gasteiger partial charge in [-0.05, 0) is 45.3 Å². The first-order chi connectivity index (χ1) is 7.93. The first-order valence-electron chi connectivity index (χ1n) is 7.22. The van der Waals surface area contributed by atoms with Crippen molar-refractivity contribution in [3.05, 3.63) is 0 Å².